The highest BCUT2D eigenvalue weighted by atomic mass is 16.5. The molecule has 1 aromatic carbocycles. The van der Waals surface area contributed by atoms with Crippen LogP contribution in [-0.2, 0) is 20.7 Å². The Kier molecular flexibility index (Phi) is 4.79. The summed E-state index contributed by atoms with van der Waals surface area (Å²) in [5.74, 6) is 0.209. The highest BCUT2D eigenvalue weighted by molar-refractivity contribution is 5.79. The monoisotopic (exact) mass is 303 g/mol. The van der Waals surface area contributed by atoms with E-state index in [-0.39, 0.29) is 24.2 Å². The predicted octanol–water partition coefficient (Wildman–Crippen LogP) is 2.33. The van der Waals surface area contributed by atoms with Crippen LogP contribution in [0.5, 0.6) is 0 Å². The van der Waals surface area contributed by atoms with E-state index in [1.54, 1.807) is 7.11 Å². The molecule has 0 bridgehead atoms. The van der Waals surface area contributed by atoms with Crippen LogP contribution >= 0.6 is 0 Å². The van der Waals surface area contributed by atoms with Gasteiger partial charge < -0.3 is 14.4 Å². The van der Waals surface area contributed by atoms with Gasteiger partial charge in [-0.15, -0.1) is 0 Å². The zero-order valence-electron chi connectivity index (χ0n) is 13.5. The van der Waals surface area contributed by atoms with Crippen LogP contribution in [0.4, 0.5) is 0 Å². The second-order valence-corrected chi connectivity index (χ2v) is 6.40. The Morgan fingerprint density at radius 3 is 3.05 bits per heavy atom. The third kappa shape index (κ3) is 3.33. The fourth-order valence-electron chi connectivity index (χ4n) is 3.69. The molecule has 2 fully saturated rings. The first kappa shape index (κ1) is 15.5. The molecule has 4 heteroatoms. The van der Waals surface area contributed by atoms with Crippen LogP contribution in [0.2, 0.25) is 0 Å². The second kappa shape index (κ2) is 6.80. The maximum Gasteiger partial charge on any atom is 0.227 e. The summed E-state index contributed by atoms with van der Waals surface area (Å²) >= 11 is 0. The van der Waals surface area contributed by atoms with Gasteiger partial charge in [0.1, 0.15) is 0 Å². The van der Waals surface area contributed by atoms with Gasteiger partial charge in [0.25, 0.3) is 0 Å². The standard InChI is InChI=1S/C18H25NO3/c1-13-4-3-5-14(10-13)11-18(20)19-8-9-22-17-7-6-15(21-2)12-16(17)19/h3-5,10,15-17H,6-9,11-12H2,1-2H3/t15-,16+,17-/m1/s1. The van der Waals surface area contributed by atoms with Gasteiger partial charge in [-0.05, 0) is 31.7 Å². The number of morpholine rings is 1. The maximum absolute atomic E-state index is 12.8. The number of methoxy groups -OCH3 is 1. The summed E-state index contributed by atoms with van der Waals surface area (Å²) < 4.78 is 11.4. The van der Waals surface area contributed by atoms with E-state index in [0.717, 1.165) is 24.8 Å². The van der Waals surface area contributed by atoms with Gasteiger partial charge in [-0.3, -0.25) is 4.79 Å². The smallest absolute Gasteiger partial charge is 0.227 e. The predicted molar refractivity (Wildman–Crippen MR) is 84.8 cm³/mol. The van der Waals surface area contributed by atoms with Gasteiger partial charge in [-0.25, -0.2) is 0 Å². The number of benzene rings is 1. The van der Waals surface area contributed by atoms with Crippen LogP contribution in [0.15, 0.2) is 24.3 Å². The highest BCUT2D eigenvalue weighted by Crippen LogP contribution is 2.30. The van der Waals surface area contributed by atoms with Crippen molar-refractivity contribution in [2.75, 3.05) is 20.3 Å². The fraction of sp³-hybridized carbons (Fsp3) is 0.611. The Bertz CT molecular complexity index is 531. The summed E-state index contributed by atoms with van der Waals surface area (Å²) in [5.41, 5.74) is 2.29. The van der Waals surface area contributed by atoms with E-state index < -0.39 is 0 Å². The molecule has 2 aliphatic rings. The van der Waals surface area contributed by atoms with Crippen molar-refractivity contribution in [1.82, 2.24) is 4.90 Å². The Hall–Kier alpha value is -1.39. The van der Waals surface area contributed by atoms with Crippen LogP contribution in [-0.4, -0.2) is 49.3 Å². The highest BCUT2D eigenvalue weighted by Gasteiger charge is 2.39. The van der Waals surface area contributed by atoms with E-state index >= 15 is 0 Å². The summed E-state index contributed by atoms with van der Waals surface area (Å²) in [6.45, 7) is 3.41. The van der Waals surface area contributed by atoms with Crippen molar-refractivity contribution < 1.29 is 14.3 Å². The van der Waals surface area contributed by atoms with Crippen LogP contribution in [0.25, 0.3) is 0 Å². The number of rotatable bonds is 3. The summed E-state index contributed by atoms with van der Waals surface area (Å²) in [5, 5.41) is 0. The largest absolute Gasteiger partial charge is 0.381 e. The van der Waals surface area contributed by atoms with Gasteiger partial charge in [-0.2, -0.15) is 0 Å². The Morgan fingerprint density at radius 2 is 2.27 bits per heavy atom. The zero-order chi connectivity index (χ0) is 15.5. The molecule has 0 spiro atoms. The number of fused-ring (bicyclic) bond motifs is 1. The van der Waals surface area contributed by atoms with Crippen molar-refractivity contribution >= 4 is 5.91 Å². The number of ether oxygens (including phenoxy) is 2. The molecule has 0 N–H and O–H groups in total. The van der Waals surface area contributed by atoms with Gasteiger partial charge in [-0.1, -0.05) is 29.8 Å². The minimum atomic E-state index is 0.171. The molecule has 3 rings (SSSR count). The van der Waals surface area contributed by atoms with Gasteiger partial charge in [0.05, 0.1) is 31.3 Å². The van der Waals surface area contributed by atoms with E-state index in [1.165, 1.54) is 5.56 Å². The van der Waals surface area contributed by atoms with Gasteiger partial charge in [0.2, 0.25) is 5.91 Å². The molecule has 1 heterocycles. The van der Waals surface area contributed by atoms with E-state index in [0.29, 0.717) is 19.6 Å². The van der Waals surface area contributed by atoms with Crippen molar-refractivity contribution in [3.8, 4) is 0 Å². The summed E-state index contributed by atoms with van der Waals surface area (Å²) in [6, 6.07) is 8.37. The quantitative estimate of drug-likeness (QED) is 0.860. The third-order valence-corrected chi connectivity index (χ3v) is 4.86. The molecule has 4 nitrogen and oxygen atoms in total. The number of nitrogens with zero attached hydrogens (tertiary/aromatic N) is 1. The first-order valence-corrected chi connectivity index (χ1v) is 8.17. The number of carbonyl (C=O) groups is 1. The molecule has 0 aromatic heterocycles. The molecule has 22 heavy (non-hydrogen) atoms. The van der Waals surface area contributed by atoms with E-state index in [2.05, 4.69) is 19.1 Å². The molecule has 3 atom stereocenters. The Balaban J connectivity index is 1.70. The molecule has 1 saturated heterocycles. The average molecular weight is 303 g/mol. The molecule has 120 valence electrons. The molecule has 1 aliphatic heterocycles. The minimum absolute atomic E-state index is 0.171. The summed E-state index contributed by atoms with van der Waals surface area (Å²) in [6.07, 6.45) is 3.80. The van der Waals surface area contributed by atoms with Crippen LogP contribution < -0.4 is 0 Å². The number of hydrogen-bond donors (Lipinski definition) is 0. The first-order valence-electron chi connectivity index (χ1n) is 8.17. The van der Waals surface area contributed by atoms with Crippen molar-refractivity contribution in [3.63, 3.8) is 0 Å². The van der Waals surface area contributed by atoms with E-state index in [1.807, 2.05) is 17.0 Å². The third-order valence-electron chi connectivity index (χ3n) is 4.86. The molecule has 0 unspecified atom stereocenters. The second-order valence-electron chi connectivity index (χ2n) is 6.40. The van der Waals surface area contributed by atoms with E-state index in [4.69, 9.17) is 9.47 Å². The van der Waals surface area contributed by atoms with Crippen molar-refractivity contribution in [2.45, 2.75) is 50.9 Å². The normalized spacial score (nSPS) is 28.3. The molecule has 1 amide bonds. The topological polar surface area (TPSA) is 38.8 Å². The molecule has 1 aromatic rings. The lowest BCUT2D eigenvalue weighted by Crippen LogP contribution is -2.57. The maximum atomic E-state index is 12.8. The molecule has 0 radical (unpaired) electrons. The van der Waals surface area contributed by atoms with Crippen LogP contribution in [0, 0.1) is 6.92 Å². The molecule has 1 saturated carbocycles. The molecular weight excluding hydrogens is 278 g/mol. The first-order chi connectivity index (χ1) is 10.7. The summed E-state index contributed by atoms with van der Waals surface area (Å²) in [7, 11) is 1.76. The lowest BCUT2D eigenvalue weighted by molar-refractivity contribution is -0.154. The fourth-order valence-corrected chi connectivity index (χ4v) is 3.69. The average Bonchev–Trinajstić information content (AvgIpc) is 2.53. The lowest BCUT2D eigenvalue weighted by Gasteiger charge is -2.45. The Morgan fingerprint density at radius 1 is 1.41 bits per heavy atom. The van der Waals surface area contributed by atoms with Gasteiger partial charge in [0, 0.05) is 13.7 Å². The van der Waals surface area contributed by atoms with Crippen molar-refractivity contribution in [3.05, 3.63) is 35.4 Å². The number of amides is 1. The lowest BCUT2D eigenvalue weighted by atomic mass is 9.87. The van der Waals surface area contributed by atoms with Gasteiger partial charge in [0.15, 0.2) is 0 Å². The van der Waals surface area contributed by atoms with Crippen molar-refractivity contribution in [2.24, 2.45) is 0 Å². The SMILES string of the molecule is CO[C@@H]1CC[C@H]2OCCN(C(=O)Cc3cccc(C)c3)[C@H]2C1. The zero-order valence-corrected chi connectivity index (χ0v) is 13.5. The number of hydrogen-bond acceptors (Lipinski definition) is 3. The van der Waals surface area contributed by atoms with Crippen LogP contribution in [0.3, 0.4) is 0 Å². The molecular formula is C18H25NO3. The molecule has 1 aliphatic carbocycles. The van der Waals surface area contributed by atoms with Gasteiger partial charge >= 0.3 is 0 Å². The number of aryl methyl sites for hydroxylation is 1. The van der Waals surface area contributed by atoms with E-state index in [9.17, 15) is 4.79 Å². The number of carbonyl (C=O) groups excluding carboxylic acids is 1. The van der Waals surface area contributed by atoms with Crippen LogP contribution in [0.1, 0.15) is 30.4 Å². The minimum Gasteiger partial charge on any atom is -0.381 e. The van der Waals surface area contributed by atoms with Crippen molar-refractivity contribution in [1.29, 1.82) is 0 Å². The Labute approximate surface area is 132 Å². The summed E-state index contributed by atoms with van der Waals surface area (Å²) in [4.78, 5) is 14.8.